The van der Waals surface area contributed by atoms with Crippen LogP contribution in [0.1, 0.15) is 37.7 Å². The van der Waals surface area contributed by atoms with Crippen molar-refractivity contribution in [1.29, 1.82) is 0 Å². The van der Waals surface area contributed by atoms with E-state index in [1.54, 1.807) is 24.2 Å². The number of pyridine rings is 1. The molecule has 1 aromatic rings. The van der Waals surface area contributed by atoms with Gasteiger partial charge in [0.25, 0.3) is 0 Å². The van der Waals surface area contributed by atoms with E-state index in [0.717, 1.165) is 29.2 Å². The largest absolute Gasteiger partial charge is 0.265 e. The second-order valence-electron chi connectivity index (χ2n) is 6.95. The Morgan fingerprint density at radius 3 is 2.45 bits per heavy atom. The van der Waals surface area contributed by atoms with Crippen LogP contribution in [-0.2, 0) is 4.84 Å². The number of aromatic nitrogens is 1. The van der Waals surface area contributed by atoms with Gasteiger partial charge in [-0.15, -0.1) is 0 Å². The molecule has 0 radical (unpaired) electrons. The van der Waals surface area contributed by atoms with E-state index in [1.807, 2.05) is 12.1 Å². The lowest BCUT2D eigenvalue weighted by Crippen LogP contribution is -2.40. The Bertz CT molecular complexity index is 537. The van der Waals surface area contributed by atoms with Gasteiger partial charge < -0.3 is 0 Å². The molecular weight excluding hydrogens is 274 g/mol. The predicted molar refractivity (Wildman–Crippen MR) is 86.0 cm³/mol. The molecule has 4 heteroatoms. The molecule has 0 aromatic carbocycles. The number of hydrazone groups is 1. The van der Waals surface area contributed by atoms with Crippen molar-refractivity contribution < 1.29 is 4.84 Å². The molecule has 4 aliphatic rings. The maximum Gasteiger partial charge on any atom is 0.0948 e. The first-order valence-corrected chi connectivity index (χ1v) is 8.38. The molecule has 1 N–H and O–H groups in total. The number of hydrogen-bond acceptors (Lipinski definition) is 4. The maximum absolute atomic E-state index is 5.42. The smallest absolute Gasteiger partial charge is 0.0948 e. The quantitative estimate of drug-likeness (QED) is 0.392. The van der Waals surface area contributed by atoms with Gasteiger partial charge in [-0.05, 0) is 73.5 Å². The minimum Gasteiger partial charge on any atom is -0.265 e. The first kappa shape index (κ1) is 13.9. The van der Waals surface area contributed by atoms with Gasteiger partial charge in [-0.1, -0.05) is 11.6 Å². The van der Waals surface area contributed by atoms with E-state index in [2.05, 4.69) is 21.8 Å². The van der Waals surface area contributed by atoms with Gasteiger partial charge in [0, 0.05) is 12.4 Å². The average Bonchev–Trinajstić information content (AvgIpc) is 2.53. The van der Waals surface area contributed by atoms with Gasteiger partial charge >= 0.3 is 0 Å². The third-order valence-electron chi connectivity index (χ3n) is 5.52. The van der Waals surface area contributed by atoms with Gasteiger partial charge in [0.15, 0.2) is 0 Å². The van der Waals surface area contributed by atoms with Crippen molar-refractivity contribution >= 4 is 6.21 Å². The van der Waals surface area contributed by atoms with Crippen molar-refractivity contribution in [2.45, 2.75) is 32.1 Å². The van der Waals surface area contributed by atoms with Crippen molar-refractivity contribution in [3.8, 4) is 0 Å². The number of nitrogens with one attached hydrogen (secondary N) is 1. The molecular formula is C18H23N3O. The van der Waals surface area contributed by atoms with Crippen molar-refractivity contribution in [3.05, 3.63) is 41.7 Å². The fourth-order valence-electron chi connectivity index (χ4n) is 4.82. The lowest BCUT2D eigenvalue weighted by atomic mass is 9.54. The highest BCUT2D eigenvalue weighted by Gasteiger charge is 2.44. The van der Waals surface area contributed by atoms with Crippen LogP contribution in [0.4, 0.5) is 0 Å². The molecule has 0 saturated heterocycles. The lowest BCUT2D eigenvalue weighted by molar-refractivity contribution is 0.0537. The summed E-state index contributed by atoms with van der Waals surface area (Å²) in [5.41, 5.74) is 5.34. The van der Waals surface area contributed by atoms with Crippen LogP contribution in [-0.4, -0.2) is 17.8 Å². The second kappa shape index (κ2) is 6.21. The van der Waals surface area contributed by atoms with Gasteiger partial charge in [0.2, 0.25) is 0 Å². The Kier molecular flexibility index (Phi) is 3.94. The van der Waals surface area contributed by atoms with Crippen molar-refractivity contribution in [2.75, 3.05) is 6.61 Å². The Morgan fingerprint density at radius 1 is 1.09 bits per heavy atom. The lowest BCUT2D eigenvalue weighted by Gasteiger charge is -2.51. The Morgan fingerprint density at radius 2 is 1.77 bits per heavy atom. The summed E-state index contributed by atoms with van der Waals surface area (Å²) in [4.78, 5) is 9.39. The fourth-order valence-corrected chi connectivity index (χ4v) is 4.82. The van der Waals surface area contributed by atoms with Crippen LogP contribution in [0.3, 0.4) is 0 Å². The third-order valence-corrected chi connectivity index (χ3v) is 5.52. The summed E-state index contributed by atoms with van der Waals surface area (Å²) in [6.07, 6.45) is 14.7. The van der Waals surface area contributed by atoms with Crippen LogP contribution in [0.25, 0.3) is 0 Å². The van der Waals surface area contributed by atoms with Gasteiger partial charge in [-0.3, -0.25) is 9.82 Å². The summed E-state index contributed by atoms with van der Waals surface area (Å²) in [6, 6.07) is 3.81. The van der Waals surface area contributed by atoms with Crippen LogP contribution in [0.2, 0.25) is 0 Å². The van der Waals surface area contributed by atoms with E-state index in [4.69, 9.17) is 4.84 Å². The molecule has 1 heterocycles. The summed E-state index contributed by atoms with van der Waals surface area (Å²) in [5.74, 6) is 3.73. The summed E-state index contributed by atoms with van der Waals surface area (Å²) in [7, 11) is 0. The van der Waals surface area contributed by atoms with Crippen molar-refractivity contribution in [2.24, 2.45) is 28.8 Å². The number of hydrogen-bond donors (Lipinski definition) is 1. The minimum atomic E-state index is 0.603. The molecule has 4 nitrogen and oxygen atoms in total. The Hall–Kier alpha value is -1.68. The van der Waals surface area contributed by atoms with Gasteiger partial charge in [-0.2, -0.15) is 10.7 Å². The van der Waals surface area contributed by atoms with Gasteiger partial charge in [0.1, 0.15) is 0 Å². The highest BCUT2D eigenvalue weighted by Crippen LogP contribution is 2.56. The summed E-state index contributed by atoms with van der Waals surface area (Å²) < 4.78 is 0. The molecule has 22 heavy (non-hydrogen) atoms. The molecule has 0 spiro atoms. The first-order chi connectivity index (χ1) is 10.9. The highest BCUT2D eigenvalue weighted by molar-refractivity contribution is 5.78. The van der Waals surface area contributed by atoms with Crippen LogP contribution < -0.4 is 5.59 Å². The second-order valence-corrected chi connectivity index (χ2v) is 6.95. The molecule has 116 valence electrons. The van der Waals surface area contributed by atoms with Crippen molar-refractivity contribution in [1.82, 2.24) is 10.6 Å². The van der Waals surface area contributed by atoms with Crippen LogP contribution in [0, 0.1) is 23.7 Å². The summed E-state index contributed by atoms with van der Waals surface area (Å²) >= 11 is 0. The van der Waals surface area contributed by atoms with E-state index in [1.165, 1.54) is 32.1 Å². The fraction of sp³-hybridized carbons (Fsp3) is 0.556. The summed E-state index contributed by atoms with van der Waals surface area (Å²) in [6.45, 7) is 0.603. The zero-order chi connectivity index (χ0) is 14.8. The number of allylic oxidation sites excluding steroid dienone is 1. The summed E-state index contributed by atoms with van der Waals surface area (Å²) in [5, 5.41) is 4.06. The zero-order valence-electron chi connectivity index (χ0n) is 12.8. The number of rotatable bonds is 5. The average molecular weight is 297 g/mol. The molecule has 4 saturated carbocycles. The van der Waals surface area contributed by atoms with Crippen molar-refractivity contribution in [3.63, 3.8) is 0 Å². The predicted octanol–water partition coefficient (Wildman–Crippen LogP) is 3.32. The highest BCUT2D eigenvalue weighted by atomic mass is 16.7. The van der Waals surface area contributed by atoms with E-state index < -0.39 is 0 Å². The van der Waals surface area contributed by atoms with E-state index in [0.29, 0.717) is 6.61 Å². The molecule has 0 unspecified atom stereocenters. The topological polar surface area (TPSA) is 46.5 Å². The molecule has 4 fully saturated rings. The maximum atomic E-state index is 5.42. The Balaban J connectivity index is 1.26. The molecule has 0 amide bonds. The van der Waals surface area contributed by atoms with Crippen LogP contribution >= 0.6 is 0 Å². The van der Waals surface area contributed by atoms with E-state index in [9.17, 15) is 0 Å². The molecule has 5 rings (SSSR count). The monoisotopic (exact) mass is 297 g/mol. The number of nitrogens with zero attached hydrogens (tertiary/aromatic N) is 2. The van der Waals surface area contributed by atoms with E-state index >= 15 is 0 Å². The standard InChI is InChI=1S/C18H23N3O/c1-4-19-5-2-13(1)12-20-21-22-6-3-18-16-8-14-7-15(10-16)11-17(18)9-14/h1-5,12,14-17,21H,6-11H2/b18-3?,20-12+. The first-order valence-electron chi connectivity index (χ1n) is 8.38. The molecule has 1 aromatic heterocycles. The normalized spacial score (nSPS) is 32.6. The van der Waals surface area contributed by atoms with Gasteiger partial charge in [0.05, 0.1) is 12.8 Å². The van der Waals surface area contributed by atoms with E-state index in [-0.39, 0.29) is 0 Å². The Labute approximate surface area is 131 Å². The van der Waals surface area contributed by atoms with Gasteiger partial charge in [-0.25, -0.2) is 0 Å². The zero-order valence-corrected chi connectivity index (χ0v) is 12.8. The molecule has 4 bridgehead atoms. The molecule has 0 atom stereocenters. The SMILES string of the molecule is C(CON/N=C/c1ccncc1)=C1C2CC3CC(C2)CC1C3. The third kappa shape index (κ3) is 2.93. The van der Waals surface area contributed by atoms with Crippen LogP contribution in [0.5, 0.6) is 0 Å². The van der Waals surface area contributed by atoms with Crippen LogP contribution in [0.15, 0.2) is 41.3 Å². The molecule has 4 aliphatic carbocycles. The molecule has 0 aliphatic heterocycles. The minimum absolute atomic E-state index is 0.603.